The van der Waals surface area contributed by atoms with E-state index in [0.29, 0.717) is 17.2 Å². The number of rotatable bonds is 5. The van der Waals surface area contributed by atoms with Crippen LogP contribution < -0.4 is 16.0 Å². The van der Waals surface area contributed by atoms with Crippen molar-refractivity contribution in [1.82, 2.24) is 10.6 Å². The summed E-state index contributed by atoms with van der Waals surface area (Å²) in [6, 6.07) is 6.78. The average Bonchev–Trinajstić information content (AvgIpc) is 2.38. The molecule has 5 heteroatoms. The number of carbonyl (C=O) groups is 2. The largest absolute Gasteiger partial charge is 0.350 e. The Balaban J connectivity index is 2.58. The molecule has 1 aromatic rings. The van der Waals surface area contributed by atoms with Gasteiger partial charge in [0.1, 0.15) is 0 Å². The molecule has 116 valence electrons. The van der Waals surface area contributed by atoms with Crippen LogP contribution in [-0.4, -0.2) is 24.0 Å². The van der Waals surface area contributed by atoms with Gasteiger partial charge in [0.15, 0.2) is 0 Å². The Bertz CT molecular complexity index is 481. The molecule has 0 spiro atoms. The summed E-state index contributed by atoms with van der Waals surface area (Å²) in [7, 11) is 0. The van der Waals surface area contributed by atoms with Crippen LogP contribution >= 0.6 is 0 Å². The van der Waals surface area contributed by atoms with Gasteiger partial charge in [-0.1, -0.05) is 13.8 Å². The van der Waals surface area contributed by atoms with E-state index < -0.39 is 0 Å². The Morgan fingerprint density at radius 2 is 1.48 bits per heavy atom. The Morgan fingerprint density at radius 3 is 1.95 bits per heavy atom. The molecular formula is C16H25N3O2. The van der Waals surface area contributed by atoms with Crippen LogP contribution in [-0.2, 0) is 0 Å². The van der Waals surface area contributed by atoms with Crippen LogP contribution in [0.1, 0.15) is 45.0 Å². The summed E-state index contributed by atoms with van der Waals surface area (Å²) in [4.78, 5) is 23.6. The molecule has 1 rings (SSSR count). The van der Waals surface area contributed by atoms with Gasteiger partial charge in [-0.3, -0.25) is 4.79 Å². The molecule has 3 amide bonds. The van der Waals surface area contributed by atoms with Crippen molar-refractivity contribution in [2.45, 2.75) is 46.7 Å². The van der Waals surface area contributed by atoms with E-state index in [2.05, 4.69) is 16.0 Å². The molecule has 1 unspecified atom stereocenters. The lowest BCUT2D eigenvalue weighted by molar-refractivity contribution is 0.0943. The van der Waals surface area contributed by atoms with E-state index in [1.807, 2.05) is 34.6 Å². The van der Waals surface area contributed by atoms with E-state index >= 15 is 0 Å². The summed E-state index contributed by atoms with van der Waals surface area (Å²) in [5, 5.41) is 8.43. The minimum absolute atomic E-state index is 0.0959. The van der Waals surface area contributed by atoms with Crippen molar-refractivity contribution in [2.24, 2.45) is 5.92 Å². The molecule has 0 radical (unpaired) electrons. The summed E-state index contributed by atoms with van der Waals surface area (Å²) < 4.78 is 0. The van der Waals surface area contributed by atoms with Crippen molar-refractivity contribution >= 4 is 17.6 Å². The SMILES string of the molecule is CC(C)NC(=O)c1ccc(NC(=O)NC(C)C(C)C)cc1. The van der Waals surface area contributed by atoms with E-state index in [9.17, 15) is 9.59 Å². The smallest absolute Gasteiger partial charge is 0.319 e. The first-order valence-electron chi connectivity index (χ1n) is 7.28. The number of urea groups is 1. The van der Waals surface area contributed by atoms with Crippen LogP contribution in [0.15, 0.2) is 24.3 Å². The molecule has 0 bridgehead atoms. The zero-order chi connectivity index (χ0) is 16.0. The van der Waals surface area contributed by atoms with Gasteiger partial charge in [-0.15, -0.1) is 0 Å². The van der Waals surface area contributed by atoms with Gasteiger partial charge in [-0.25, -0.2) is 4.79 Å². The third-order valence-corrected chi connectivity index (χ3v) is 3.18. The van der Waals surface area contributed by atoms with Gasteiger partial charge in [0.25, 0.3) is 5.91 Å². The van der Waals surface area contributed by atoms with Crippen molar-refractivity contribution in [3.8, 4) is 0 Å². The predicted octanol–water partition coefficient (Wildman–Crippen LogP) is 2.99. The lowest BCUT2D eigenvalue weighted by Crippen LogP contribution is -2.39. The minimum atomic E-state index is -0.240. The van der Waals surface area contributed by atoms with Crippen LogP contribution in [0.5, 0.6) is 0 Å². The van der Waals surface area contributed by atoms with Crippen molar-refractivity contribution in [1.29, 1.82) is 0 Å². The second-order valence-corrected chi connectivity index (χ2v) is 5.84. The number of anilines is 1. The molecular weight excluding hydrogens is 266 g/mol. The fourth-order valence-electron chi connectivity index (χ4n) is 1.59. The number of hydrogen-bond donors (Lipinski definition) is 3. The molecule has 5 nitrogen and oxygen atoms in total. The second-order valence-electron chi connectivity index (χ2n) is 5.84. The van der Waals surface area contributed by atoms with E-state index in [0.717, 1.165) is 0 Å². The molecule has 1 aromatic carbocycles. The molecule has 0 fully saturated rings. The molecule has 0 aliphatic heterocycles. The quantitative estimate of drug-likeness (QED) is 0.780. The molecule has 1 atom stereocenters. The highest BCUT2D eigenvalue weighted by Crippen LogP contribution is 2.10. The first-order valence-corrected chi connectivity index (χ1v) is 7.28. The summed E-state index contributed by atoms with van der Waals surface area (Å²) in [5.74, 6) is 0.257. The molecule has 21 heavy (non-hydrogen) atoms. The lowest BCUT2D eigenvalue weighted by atomic mass is 10.1. The highest BCUT2D eigenvalue weighted by molar-refractivity contribution is 5.95. The van der Waals surface area contributed by atoms with Gasteiger partial charge in [-0.05, 0) is 51.0 Å². The highest BCUT2D eigenvalue weighted by atomic mass is 16.2. The van der Waals surface area contributed by atoms with E-state index in [4.69, 9.17) is 0 Å². The maximum Gasteiger partial charge on any atom is 0.319 e. The Hall–Kier alpha value is -2.04. The zero-order valence-electron chi connectivity index (χ0n) is 13.4. The van der Waals surface area contributed by atoms with Gasteiger partial charge in [-0.2, -0.15) is 0 Å². The van der Waals surface area contributed by atoms with Crippen LogP contribution in [0, 0.1) is 5.92 Å². The Labute approximate surface area is 126 Å². The Kier molecular flexibility index (Phi) is 6.21. The summed E-state index contributed by atoms with van der Waals surface area (Å²) in [6.07, 6.45) is 0. The predicted molar refractivity (Wildman–Crippen MR) is 85.5 cm³/mol. The molecule has 0 saturated carbocycles. The van der Waals surface area contributed by atoms with E-state index in [-0.39, 0.29) is 24.0 Å². The first kappa shape index (κ1) is 17.0. The molecule has 3 N–H and O–H groups in total. The maximum absolute atomic E-state index is 11.8. The third kappa shape index (κ3) is 5.85. The van der Waals surface area contributed by atoms with Crippen molar-refractivity contribution in [3.05, 3.63) is 29.8 Å². The molecule has 0 aliphatic rings. The van der Waals surface area contributed by atoms with Crippen LogP contribution in [0.4, 0.5) is 10.5 Å². The lowest BCUT2D eigenvalue weighted by Gasteiger charge is -2.17. The van der Waals surface area contributed by atoms with E-state index in [1.54, 1.807) is 24.3 Å². The zero-order valence-corrected chi connectivity index (χ0v) is 13.4. The monoisotopic (exact) mass is 291 g/mol. The summed E-state index contributed by atoms with van der Waals surface area (Å²) >= 11 is 0. The maximum atomic E-state index is 11.8. The summed E-state index contributed by atoms with van der Waals surface area (Å²) in [6.45, 7) is 9.88. The summed E-state index contributed by atoms with van der Waals surface area (Å²) in [5.41, 5.74) is 1.23. The van der Waals surface area contributed by atoms with Crippen LogP contribution in [0.25, 0.3) is 0 Å². The highest BCUT2D eigenvalue weighted by Gasteiger charge is 2.11. The van der Waals surface area contributed by atoms with Crippen molar-refractivity contribution in [2.75, 3.05) is 5.32 Å². The average molecular weight is 291 g/mol. The van der Waals surface area contributed by atoms with Gasteiger partial charge in [0, 0.05) is 23.3 Å². The normalized spacial score (nSPS) is 12.1. The van der Waals surface area contributed by atoms with Gasteiger partial charge < -0.3 is 16.0 Å². The Morgan fingerprint density at radius 1 is 0.905 bits per heavy atom. The molecule has 0 aromatic heterocycles. The van der Waals surface area contributed by atoms with Crippen molar-refractivity contribution < 1.29 is 9.59 Å². The fraction of sp³-hybridized carbons (Fsp3) is 0.500. The first-order chi connectivity index (χ1) is 9.79. The topological polar surface area (TPSA) is 70.2 Å². The number of nitrogens with one attached hydrogen (secondary N) is 3. The van der Waals surface area contributed by atoms with Gasteiger partial charge >= 0.3 is 6.03 Å². The number of carbonyl (C=O) groups excluding carboxylic acids is 2. The van der Waals surface area contributed by atoms with E-state index in [1.165, 1.54) is 0 Å². The molecule has 0 saturated heterocycles. The number of benzene rings is 1. The number of amides is 3. The van der Waals surface area contributed by atoms with Crippen molar-refractivity contribution in [3.63, 3.8) is 0 Å². The minimum Gasteiger partial charge on any atom is -0.350 e. The van der Waals surface area contributed by atoms with Crippen LogP contribution in [0.2, 0.25) is 0 Å². The fourth-order valence-corrected chi connectivity index (χ4v) is 1.59. The number of hydrogen-bond acceptors (Lipinski definition) is 2. The molecule has 0 heterocycles. The van der Waals surface area contributed by atoms with Gasteiger partial charge in [0.05, 0.1) is 0 Å². The molecule has 0 aliphatic carbocycles. The van der Waals surface area contributed by atoms with Crippen LogP contribution in [0.3, 0.4) is 0 Å². The van der Waals surface area contributed by atoms with Gasteiger partial charge in [0.2, 0.25) is 0 Å². The second kappa shape index (κ2) is 7.67. The standard InChI is InChI=1S/C16H25N3O2/c1-10(2)12(5)18-16(21)19-14-8-6-13(7-9-14)15(20)17-11(3)4/h6-12H,1-5H3,(H,17,20)(H2,18,19,21). The third-order valence-electron chi connectivity index (χ3n) is 3.18.